The van der Waals surface area contributed by atoms with Gasteiger partial charge in [0.15, 0.2) is 0 Å². The second-order valence-corrected chi connectivity index (χ2v) is 12.3. The molecular formula is C30H41N5O4S. The third-order valence-electron chi connectivity index (χ3n) is 7.72. The number of amides is 4. The minimum atomic E-state index is -1.23. The Bertz CT molecular complexity index is 1230. The van der Waals surface area contributed by atoms with Gasteiger partial charge in [-0.2, -0.15) is 0 Å². The van der Waals surface area contributed by atoms with Crippen LogP contribution in [0, 0.1) is 12.8 Å². The molecule has 0 radical (unpaired) electrons. The zero-order chi connectivity index (χ0) is 28.7. The number of thiazole rings is 1. The Balaban J connectivity index is 1.61. The molecule has 1 spiro atoms. The Kier molecular flexibility index (Phi) is 9.95. The van der Waals surface area contributed by atoms with Crippen molar-refractivity contribution in [1.82, 2.24) is 25.4 Å². The maximum Gasteiger partial charge on any atom is 0.250 e. The lowest BCUT2D eigenvalue weighted by molar-refractivity contribution is -0.140. The fourth-order valence-electron chi connectivity index (χ4n) is 5.56. The van der Waals surface area contributed by atoms with Crippen LogP contribution in [-0.4, -0.2) is 71.1 Å². The predicted octanol–water partition coefficient (Wildman–Crippen LogP) is 2.96. The molecular weight excluding hydrogens is 526 g/mol. The molecule has 216 valence electrons. The first-order valence-corrected chi connectivity index (χ1v) is 15.2. The quantitative estimate of drug-likeness (QED) is 0.577. The molecule has 9 nitrogen and oxygen atoms in total. The van der Waals surface area contributed by atoms with E-state index in [0.717, 1.165) is 41.1 Å². The summed E-state index contributed by atoms with van der Waals surface area (Å²) >= 11 is 1.51. The molecule has 1 aromatic carbocycles. The number of nitrogens with one attached hydrogen (secondary N) is 2. The lowest BCUT2D eigenvalue weighted by Crippen LogP contribution is -2.60. The van der Waals surface area contributed by atoms with Crippen molar-refractivity contribution in [1.29, 1.82) is 0 Å². The summed E-state index contributed by atoms with van der Waals surface area (Å²) in [5.74, 6) is -0.447. The van der Waals surface area contributed by atoms with Crippen LogP contribution in [-0.2, 0) is 37.6 Å². The third-order valence-corrected chi connectivity index (χ3v) is 8.54. The number of fused-ring (bicyclic) bond motifs is 2. The molecule has 2 aliphatic rings. The fourth-order valence-corrected chi connectivity index (χ4v) is 6.18. The molecule has 0 bridgehead atoms. The number of hydrogen-bond donors (Lipinski definition) is 2. The predicted molar refractivity (Wildman–Crippen MR) is 155 cm³/mol. The van der Waals surface area contributed by atoms with Crippen LogP contribution in [0.3, 0.4) is 0 Å². The second-order valence-electron chi connectivity index (χ2n) is 11.2. The van der Waals surface area contributed by atoms with Crippen LogP contribution in [0.1, 0.15) is 67.8 Å². The van der Waals surface area contributed by atoms with E-state index in [0.29, 0.717) is 38.4 Å². The average Bonchev–Trinajstić information content (AvgIpc) is 3.33. The largest absolute Gasteiger partial charge is 0.352 e. The van der Waals surface area contributed by atoms with Gasteiger partial charge in [0.2, 0.25) is 17.7 Å². The minimum Gasteiger partial charge on any atom is -0.352 e. The van der Waals surface area contributed by atoms with Crippen LogP contribution >= 0.6 is 11.3 Å². The molecule has 1 unspecified atom stereocenters. The van der Waals surface area contributed by atoms with Gasteiger partial charge in [0.1, 0.15) is 5.54 Å². The molecule has 1 saturated heterocycles. The first-order chi connectivity index (χ1) is 19.2. The first-order valence-electron chi connectivity index (χ1n) is 14.3. The summed E-state index contributed by atoms with van der Waals surface area (Å²) in [5, 5.41) is 8.89. The van der Waals surface area contributed by atoms with Gasteiger partial charge in [-0.05, 0) is 56.1 Å². The van der Waals surface area contributed by atoms with Crippen LogP contribution in [0.5, 0.6) is 0 Å². The molecule has 40 heavy (non-hydrogen) atoms. The van der Waals surface area contributed by atoms with Gasteiger partial charge in [-0.15, -0.1) is 11.3 Å². The molecule has 10 heteroatoms. The fraction of sp³-hybridized carbons (Fsp3) is 0.567. The number of carbonyl (C=O) groups is 4. The number of hydrogen-bond acceptors (Lipinski definition) is 6. The van der Waals surface area contributed by atoms with E-state index in [-0.39, 0.29) is 49.6 Å². The van der Waals surface area contributed by atoms with Gasteiger partial charge < -0.3 is 20.4 Å². The molecule has 1 aliphatic heterocycles. The normalized spacial score (nSPS) is 21.1. The highest BCUT2D eigenvalue weighted by Crippen LogP contribution is 2.36. The molecule has 4 rings (SSSR count). The Morgan fingerprint density at radius 3 is 2.67 bits per heavy atom. The van der Waals surface area contributed by atoms with E-state index in [1.165, 1.54) is 11.3 Å². The number of aromatic nitrogens is 1. The van der Waals surface area contributed by atoms with Crippen LogP contribution in [0.2, 0.25) is 0 Å². The SMILES string of the molecule is Cc1nc(CC(=O)N2CCCC(=O)N(CCC(C)C)CC(=O)NC3(CCCc4ccccc43)C(=O)NCC2)cs1. The van der Waals surface area contributed by atoms with Gasteiger partial charge in [0.25, 0.3) is 5.91 Å². The zero-order valence-electron chi connectivity index (χ0n) is 23.8. The van der Waals surface area contributed by atoms with Crippen molar-refractivity contribution in [2.75, 3.05) is 32.7 Å². The topological polar surface area (TPSA) is 112 Å². The Morgan fingerprint density at radius 2 is 1.93 bits per heavy atom. The van der Waals surface area contributed by atoms with E-state index >= 15 is 0 Å². The van der Waals surface area contributed by atoms with E-state index in [4.69, 9.17) is 0 Å². The van der Waals surface area contributed by atoms with Crippen molar-refractivity contribution >= 4 is 35.0 Å². The Morgan fingerprint density at radius 1 is 1.12 bits per heavy atom. The zero-order valence-corrected chi connectivity index (χ0v) is 24.6. The average molecular weight is 568 g/mol. The highest BCUT2D eigenvalue weighted by atomic mass is 32.1. The standard InChI is InChI=1S/C30H41N5O4S/c1-21(2)12-16-35-19-26(36)33-30(13-6-9-23-8-4-5-10-25(23)30)29(39)31-14-17-34(15-7-11-27(35)37)28(38)18-24-20-40-22(3)32-24/h4-5,8,10,20-21H,6-7,9,11-19H2,1-3H3,(H,31,39)(H,33,36). The summed E-state index contributed by atoms with van der Waals surface area (Å²) in [6, 6.07) is 7.74. The lowest BCUT2D eigenvalue weighted by atomic mass is 9.75. The number of rotatable bonds is 5. The monoisotopic (exact) mass is 567 g/mol. The highest BCUT2D eigenvalue weighted by Gasteiger charge is 2.44. The Labute approximate surface area is 240 Å². The summed E-state index contributed by atoms with van der Waals surface area (Å²) < 4.78 is 0. The molecule has 1 fully saturated rings. The molecule has 2 N–H and O–H groups in total. The number of aryl methyl sites for hydroxylation is 2. The van der Waals surface area contributed by atoms with Gasteiger partial charge in [-0.1, -0.05) is 38.1 Å². The molecule has 1 aliphatic carbocycles. The van der Waals surface area contributed by atoms with Gasteiger partial charge in [0.05, 0.1) is 23.7 Å². The maximum atomic E-state index is 13.9. The second kappa shape index (κ2) is 13.4. The van der Waals surface area contributed by atoms with Gasteiger partial charge in [0, 0.05) is 38.0 Å². The number of nitrogens with zero attached hydrogens (tertiary/aromatic N) is 3. The molecule has 2 aromatic rings. The molecule has 1 atom stereocenters. The Hall–Kier alpha value is -3.27. The van der Waals surface area contributed by atoms with Crippen molar-refractivity contribution in [3.63, 3.8) is 0 Å². The maximum absolute atomic E-state index is 13.9. The van der Waals surface area contributed by atoms with E-state index in [1.807, 2.05) is 36.6 Å². The summed E-state index contributed by atoms with van der Waals surface area (Å²) in [5.41, 5.74) is 1.34. The highest BCUT2D eigenvalue weighted by molar-refractivity contribution is 7.09. The van der Waals surface area contributed by atoms with Crippen LogP contribution in [0.15, 0.2) is 29.6 Å². The van der Waals surface area contributed by atoms with Crippen molar-refractivity contribution in [2.24, 2.45) is 5.92 Å². The lowest BCUT2D eigenvalue weighted by Gasteiger charge is -2.39. The van der Waals surface area contributed by atoms with Crippen LogP contribution in [0.4, 0.5) is 0 Å². The summed E-state index contributed by atoms with van der Waals surface area (Å²) in [4.78, 5) is 61.6. The summed E-state index contributed by atoms with van der Waals surface area (Å²) in [6.45, 7) is 7.38. The first kappa shape index (κ1) is 29.7. The van der Waals surface area contributed by atoms with Crippen molar-refractivity contribution in [3.05, 3.63) is 51.5 Å². The van der Waals surface area contributed by atoms with Gasteiger partial charge in [-0.3, -0.25) is 19.2 Å². The molecule has 4 amide bonds. The summed E-state index contributed by atoms with van der Waals surface area (Å²) in [7, 11) is 0. The number of carbonyl (C=O) groups excluding carboxylic acids is 4. The van der Waals surface area contributed by atoms with Gasteiger partial charge >= 0.3 is 0 Å². The van der Waals surface area contributed by atoms with Crippen LogP contribution in [0.25, 0.3) is 0 Å². The molecule has 1 aromatic heterocycles. The van der Waals surface area contributed by atoms with Crippen molar-refractivity contribution in [3.8, 4) is 0 Å². The third kappa shape index (κ3) is 7.27. The van der Waals surface area contributed by atoms with E-state index in [2.05, 4.69) is 29.5 Å². The minimum absolute atomic E-state index is 0.0817. The summed E-state index contributed by atoms with van der Waals surface area (Å²) in [6.07, 6.45) is 3.71. The van der Waals surface area contributed by atoms with Crippen LogP contribution < -0.4 is 10.6 Å². The molecule has 2 heterocycles. The van der Waals surface area contributed by atoms with Crippen molar-refractivity contribution < 1.29 is 19.2 Å². The van der Waals surface area contributed by atoms with E-state index < -0.39 is 5.54 Å². The smallest absolute Gasteiger partial charge is 0.250 e. The van der Waals surface area contributed by atoms with E-state index in [1.54, 1.807) is 9.80 Å². The molecule has 0 saturated carbocycles. The van der Waals surface area contributed by atoms with Crippen molar-refractivity contribution in [2.45, 2.75) is 71.3 Å². The van der Waals surface area contributed by atoms with Gasteiger partial charge in [-0.25, -0.2) is 4.98 Å². The number of benzene rings is 1. The van der Waals surface area contributed by atoms with E-state index in [9.17, 15) is 19.2 Å².